The van der Waals surface area contributed by atoms with Gasteiger partial charge in [0.2, 0.25) is 6.23 Å². The van der Waals surface area contributed by atoms with Gasteiger partial charge in [0.15, 0.2) is 0 Å². The van der Waals surface area contributed by atoms with E-state index in [4.69, 9.17) is 19.3 Å². The monoisotopic (exact) mass is 640 g/mol. The second-order valence-corrected chi connectivity index (χ2v) is 11.6. The normalized spacial score (nSPS) is 17.9. The summed E-state index contributed by atoms with van der Waals surface area (Å²) in [6, 6.07) is 20.6. The summed E-state index contributed by atoms with van der Waals surface area (Å²) in [5, 5.41) is 7.19. The number of halogens is 2. The summed E-state index contributed by atoms with van der Waals surface area (Å²) >= 11 is 7.38. The Bertz CT molecular complexity index is 1260. The van der Waals surface area contributed by atoms with Crippen LogP contribution in [0.25, 0.3) is 0 Å². The molecule has 0 N–H and O–H groups in total. The zero-order valence-electron chi connectivity index (χ0n) is 22.0. The van der Waals surface area contributed by atoms with E-state index in [0.717, 1.165) is 68.0 Å². The van der Waals surface area contributed by atoms with Crippen LogP contribution in [0, 0.1) is 0 Å². The van der Waals surface area contributed by atoms with Crippen molar-refractivity contribution < 1.29 is 14.2 Å². The summed E-state index contributed by atoms with van der Waals surface area (Å²) in [7, 11) is 1.68. The maximum atomic E-state index is 6.61. The number of hydrazone groups is 1. The molecule has 0 saturated heterocycles. The molecule has 3 aromatic carbocycles. The van der Waals surface area contributed by atoms with Crippen LogP contribution in [0.2, 0.25) is 0 Å². The zero-order chi connectivity index (χ0) is 26.5. The summed E-state index contributed by atoms with van der Waals surface area (Å²) in [5.41, 5.74) is 4.29. The van der Waals surface area contributed by atoms with Gasteiger partial charge in [-0.2, -0.15) is 5.10 Å². The van der Waals surface area contributed by atoms with Gasteiger partial charge in [0, 0.05) is 22.0 Å². The number of benzene rings is 3. The van der Waals surface area contributed by atoms with E-state index in [1.54, 1.807) is 7.11 Å². The van der Waals surface area contributed by atoms with Crippen molar-refractivity contribution in [1.29, 1.82) is 0 Å². The highest BCUT2D eigenvalue weighted by Crippen LogP contribution is 2.51. The molecule has 5 rings (SSSR count). The zero-order valence-corrected chi connectivity index (χ0v) is 25.1. The molecule has 7 heteroatoms. The molecule has 2 atom stereocenters. The lowest BCUT2D eigenvalue weighted by molar-refractivity contribution is -0.0197. The van der Waals surface area contributed by atoms with E-state index in [0.29, 0.717) is 0 Å². The Morgan fingerprint density at radius 1 is 0.921 bits per heavy atom. The molecular weight excluding hydrogens is 608 g/mol. The highest BCUT2D eigenvalue weighted by molar-refractivity contribution is 9.11. The third-order valence-electron chi connectivity index (χ3n) is 7.16. The van der Waals surface area contributed by atoms with E-state index in [2.05, 4.69) is 74.1 Å². The predicted molar refractivity (Wildman–Crippen MR) is 159 cm³/mol. The minimum absolute atomic E-state index is 0.0679. The van der Waals surface area contributed by atoms with E-state index in [9.17, 15) is 0 Å². The number of fused-ring (bicyclic) bond motifs is 3. The lowest BCUT2D eigenvalue weighted by atomic mass is 9.96. The quantitative estimate of drug-likeness (QED) is 0.196. The molecule has 0 amide bonds. The van der Waals surface area contributed by atoms with Gasteiger partial charge in [-0.3, -0.25) is 0 Å². The van der Waals surface area contributed by atoms with Crippen LogP contribution in [0.15, 0.2) is 74.7 Å². The van der Waals surface area contributed by atoms with Crippen LogP contribution in [0.4, 0.5) is 0 Å². The Hall–Kier alpha value is -2.51. The molecule has 0 spiro atoms. The van der Waals surface area contributed by atoms with Crippen LogP contribution in [0.3, 0.4) is 0 Å². The third kappa shape index (κ3) is 6.04. The number of rotatable bonds is 11. The summed E-state index contributed by atoms with van der Waals surface area (Å²) < 4.78 is 19.9. The Morgan fingerprint density at radius 3 is 2.37 bits per heavy atom. The van der Waals surface area contributed by atoms with E-state index in [-0.39, 0.29) is 12.3 Å². The Kier molecular flexibility index (Phi) is 8.95. The molecule has 200 valence electrons. The van der Waals surface area contributed by atoms with Crippen molar-refractivity contribution in [2.24, 2.45) is 5.10 Å². The van der Waals surface area contributed by atoms with E-state index >= 15 is 0 Å². The van der Waals surface area contributed by atoms with Gasteiger partial charge in [-0.05, 0) is 88.6 Å². The summed E-state index contributed by atoms with van der Waals surface area (Å²) in [4.78, 5) is 0. The van der Waals surface area contributed by atoms with Crippen molar-refractivity contribution in [2.75, 3.05) is 13.7 Å². The first kappa shape index (κ1) is 27.1. The van der Waals surface area contributed by atoms with Crippen molar-refractivity contribution >= 4 is 37.6 Å². The molecule has 2 heterocycles. The molecule has 38 heavy (non-hydrogen) atoms. The van der Waals surface area contributed by atoms with Crippen LogP contribution < -0.4 is 14.2 Å². The van der Waals surface area contributed by atoms with Gasteiger partial charge < -0.3 is 14.2 Å². The maximum absolute atomic E-state index is 6.61. The third-order valence-corrected chi connectivity index (χ3v) is 8.21. The number of unbranched alkanes of at least 4 members (excludes halogenated alkanes) is 5. The van der Waals surface area contributed by atoms with E-state index in [1.807, 2.05) is 30.3 Å². The first-order valence-electron chi connectivity index (χ1n) is 13.5. The predicted octanol–water partition coefficient (Wildman–Crippen LogP) is 9.20. The van der Waals surface area contributed by atoms with Gasteiger partial charge >= 0.3 is 0 Å². The standard InChI is InChI=1S/C31H34Br2N2O3/c1-3-4-5-6-7-8-17-37-25-15-11-22(12-16-25)31-35-29(26-18-23(32)19-27(33)30(26)38-31)20-28(34-35)21-9-13-24(36-2)14-10-21/h9-16,18-19,29,31H,3-8,17,20H2,1-2H3. The Morgan fingerprint density at radius 2 is 1.63 bits per heavy atom. The van der Waals surface area contributed by atoms with Gasteiger partial charge in [-0.1, -0.05) is 55.0 Å². The number of ether oxygens (including phenoxy) is 3. The van der Waals surface area contributed by atoms with Crippen LogP contribution in [-0.2, 0) is 0 Å². The second kappa shape index (κ2) is 12.6. The average Bonchev–Trinajstić information content (AvgIpc) is 3.39. The molecule has 0 radical (unpaired) electrons. The van der Waals surface area contributed by atoms with Crippen LogP contribution >= 0.6 is 31.9 Å². The van der Waals surface area contributed by atoms with Gasteiger partial charge in [0.1, 0.15) is 17.2 Å². The first-order valence-corrected chi connectivity index (χ1v) is 15.0. The number of nitrogens with zero attached hydrogens (tertiary/aromatic N) is 2. The average molecular weight is 642 g/mol. The molecule has 0 fully saturated rings. The molecule has 3 aromatic rings. The Labute approximate surface area is 242 Å². The molecule has 0 aliphatic carbocycles. The minimum Gasteiger partial charge on any atom is -0.497 e. The summed E-state index contributed by atoms with van der Waals surface area (Å²) in [5.74, 6) is 2.60. The highest BCUT2D eigenvalue weighted by atomic mass is 79.9. The maximum Gasteiger partial charge on any atom is 0.213 e. The van der Waals surface area contributed by atoms with Gasteiger partial charge in [-0.15, -0.1) is 0 Å². The molecule has 2 aliphatic rings. The van der Waals surface area contributed by atoms with Crippen molar-refractivity contribution in [3.05, 3.63) is 86.3 Å². The minimum atomic E-state index is -0.340. The molecule has 0 bridgehead atoms. The lowest BCUT2D eigenvalue weighted by Crippen LogP contribution is -2.33. The molecular formula is C31H34Br2N2O3. The van der Waals surface area contributed by atoms with Crippen LogP contribution in [0.1, 0.15) is 80.8 Å². The highest BCUT2D eigenvalue weighted by Gasteiger charge is 2.42. The molecule has 5 nitrogen and oxygen atoms in total. The van der Waals surface area contributed by atoms with E-state index in [1.165, 1.54) is 32.1 Å². The first-order chi connectivity index (χ1) is 18.6. The fourth-order valence-corrected chi connectivity index (χ4v) is 6.45. The molecule has 2 unspecified atom stereocenters. The van der Waals surface area contributed by atoms with Gasteiger partial charge in [0.05, 0.1) is 29.9 Å². The SMILES string of the molecule is CCCCCCCCOc1ccc(C2Oc3c(Br)cc(Br)cc3C3CC(c4ccc(OC)cc4)=NN32)cc1. The largest absolute Gasteiger partial charge is 0.497 e. The lowest BCUT2D eigenvalue weighted by Gasteiger charge is -2.38. The van der Waals surface area contributed by atoms with Gasteiger partial charge in [-0.25, -0.2) is 5.01 Å². The van der Waals surface area contributed by atoms with Crippen LogP contribution in [0.5, 0.6) is 17.2 Å². The molecule has 0 aromatic heterocycles. The van der Waals surface area contributed by atoms with Gasteiger partial charge in [0.25, 0.3) is 0 Å². The van der Waals surface area contributed by atoms with Crippen molar-refractivity contribution in [3.8, 4) is 17.2 Å². The van der Waals surface area contributed by atoms with Crippen LogP contribution in [-0.4, -0.2) is 24.4 Å². The molecule has 0 saturated carbocycles. The van der Waals surface area contributed by atoms with Crippen molar-refractivity contribution in [1.82, 2.24) is 5.01 Å². The van der Waals surface area contributed by atoms with Crippen molar-refractivity contribution in [3.63, 3.8) is 0 Å². The second-order valence-electron chi connectivity index (χ2n) is 9.84. The molecule has 2 aliphatic heterocycles. The fourth-order valence-electron chi connectivity index (χ4n) is 5.09. The number of hydrogen-bond donors (Lipinski definition) is 0. The summed E-state index contributed by atoms with van der Waals surface area (Å²) in [6.45, 7) is 3.00. The Balaban J connectivity index is 1.35. The summed E-state index contributed by atoms with van der Waals surface area (Å²) in [6.07, 6.45) is 7.99. The van der Waals surface area contributed by atoms with E-state index < -0.39 is 0 Å². The smallest absolute Gasteiger partial charge is 0.213 e. The number of hydrogen-bond acceptors (Lipinski definition) is 5. The number of methoxy groups -OCH3 is 1. The fraction of sp³-hybridized carbons (Fsp3) is 0.387. The topological polar surface area (TPSA) is 43.3 Å². The van der Waals surface area contributed by atoms with Crippen molar-refractivity contribution in [2.45, 2.75) is 64.1 Å².